The van der Waals surface area contributed by atoms with Crippen molar-refractivity contribution in [2.45, 2.75) is 26.7 Å². The summed E-state index contributed by atoms with van der Waals surface area (Å²) in [4.78, 5) is 10.8. The first-order valence-electron chi connectivity index (χ1n) is 5.31. The van der Waals surface area contributed by atoms with Gasteiger partial charge in [0.15, 0.2) is 0 Å². The molecule has 1 saturated heterocycles. The minimum atomic E-state index is 0.527. The van der Waals surface area contributed by atoms with Gasteiger partial charge in [-0.25, -0.2) is 9.97 Å². The third-order valence-electron chi connectivity index (χ3n) is 3.39. The molecule has 0 spiro atoms. The minimum absolute atomic E-state index is 0.527. The average Bonchev–Trinajstić information content (AvgIpc) is 2.19. The third-order valence-corrected chi connectivity index (χ3v) is 3.39. The van der Waals surface area contributed by atoms with Crippen LogP contribution in [0.5, 0.6) is 0 Å². The Bertz CT molecular complexity index is 285. The van der Waals surface area contributed by atoms with Crippen LogP contribution in [0.15, 0.2) is 18.5 Å². The summed E-state index contributed by atoms with van der Waals surface area (Å²) >= 11 is 0. The number of hydrogen-bond acceptors (Lipinski definition) is 3. The zero-order valence-corrected chi connectivity index (χ0v) is 8.90. The number of hydrogen-bond donors (Lipinski definition) is 0. The summed E-state index contributed by atoms with van der Waals surface area (Å²) in [7, 11) is 0. The largest absolute Gasteiger partial charge is 0.340 e. The molecule has 1 aliphatic heterocycles. The number of rotatable bonds is 3. The summed E-state index contributed by atoms with van der Waals surface area (Å²) in [5, 5.41) is 0. The van der Waals surface area contributed by atoms with Crippen LogP contribution in [0, 0.1) is 5.41 Å². The Kier molecular flexibility index (Phi) is 2.40. The molecule has 1 aliphatic rings. The van der Waals surface area contributed by atoms with Crippen LogP contribution in [0.25, 0.3) is 0 Å². The normalized spacial score (nSPS) is 19.1. The van der Waals surface area contributed by atoms with Crippen LogP contribution in [0.2, 0.25) is 0 Å². The molecular weight excluding hydrogens is 174 g/mol. The molecule has 0 aliphatic carbocycles. The topological polar surface area (TPSA) is 29.0 Å². The van der Waals surface area contributed by atoms with Crippen LogP contribution in [-0.4, -0.2) is 23.1 Å². The Hall–Kier alpha value is -1.12. The molecule has 0 unspecified atom stereocenters. The molecule has 0 saturated carbocycles. The third kappa shape index (κ3) is 1.47. The lowest BCUT2D eigenvalue weighted by atomic mass is 9.75. The molecule has 3 heteroatoms. The maximum atomic E-state index is 4.25. The fourth-order valence-corrected chi connectivity index (χ4v) is 2.06. The van der Waals surface area contributed by atoms with Gasteiger partial charge in [-0.1, -0.05) is 13.8 Å². The van der Waals surface area contributed by atoms with E-state index in [1.807, 2.05) is 6.07 Å². The van der Waals surface area contributed by atoms with Gasteiger partial charge in [0.1, 0.15) is 0 Å². The predicted octanol–water partition coefficient (Wildman–Crippen LogP) is 2.10. The molecule has 76 valence electrons. The average molecular weight is 191 g/mol. The van der Waals surface area contributed by atoms with Crippen molar-refractivity contribution in [1.82, 2.24) is 9.97 Å². The molecule has 0 atom stereocenters. The van der Waals surface area contributed by atoms with Crippen LogP contribution in [0.4, 0.5) is 5.95 Å². The first-order valence-corrected chi connectivity index (χ1v) is 5.31. The predicted molar refractivity (Wildman–Crippen MR) is 57.3 cm³/mol. The van der Waals surface area contributed by atoms with Crippen molar-refractivity contribution in [3.8, 4) is 0 Å². The van der Waals surface area contributed by atoms with E-state index in [4.69, 9.17) is 0 Å². The first-order chi connectivity index (χ1) is 6.79. The fraction of sp³-hybridized carbons (Fsp3) is 0.636. The van der Waals surface area contributed by atoms with Gasteiger partial charge in [-0.2, -0.15) is 0 Å². The van der Waals surface area contributed by atoms with E-state index in [-0.39, 0.29) is 0 Å². The lowest BCUT2D eigenvalue weighted by Gasteiger charge is -2.49. The zero-order valence-electron chi connectivity index (χ0n) is 8.90. The second-order valence-electron chi connectivity index (χ2n) is 4.11. The molecule has 2 heterocycles. The summed E-state index contributed by atoms with van der Waals surface area (Å²) in [6.07, 6.45) is 6.13. The van der Waals surface area contributed by atoms with Gasteiger partial charge in [-0.05, 0) is 18.9 Å². The van der Waals surface area contributed by atoms with Gasteiger partial charge in [-0.3, -0.25) is 0 Å². The molecule has 1 fully saturated rings. The van der Waals surface area contributed by atoms with Gasteiger partial charge < -0.3 is 4.90 Å². The Morgan fingerprint density at radius 2 is 1.79 bits per heavy atom. The number of aromatic nitrogens is 2. The van der Waals surface area contributed by atoms with Crippen LogP contribution in [-0.2, 0) is 0 Å². The van der Waals surface area contributed by atoms with Crippen molar-refractivity contribution in [1.29, 1.82) is 0 Å². The minimum Gasteiger partial charge on any atom is -0.340 e. The summed E-state index contributed by atoms with van der Waals surface area (Å²) in [5.41, 5.74) is 0.527. The van der Waals surface area contributed by atoms with Crippen molar-refractivity contribution in [3.05, 3.63) is 18.5 Å². The second-order valence-corrected chi connectivity index (χ2v) is 4.11. The zero-order chi connectivity index (χ0) is 10.0. The molecule has 0 amide bonds. The van der Waals surface area contributed by atoms with Gasteiger partial charge in [-0.15, -0.1) is 0 Å². The van der Waals surface area contributed by atoms with Crippen LogP contribution < -0.4 is 4.90 Å². The molecule has 1 aromatic rings. The van der Waals surface area contributed by atoms with Gasteiger partial charge in [0.2, 0.25) is 5.95 Å². The molecule has 0 N–H and O–H groups in total. The van der Waals surface area contributed by atoms with Crippen LogP contribution in [0.3, 0.4) is 0 Å². The quantitative estimate of drug-likeness (QED) is 0.732. The highest BCUT2D eigenvalue weighted by molar-refractivity contribution is 5.35. The van der Waals surface area contributed by atoms with Gasteiger partial charge in [0.05, 0.1) is 0 Å². The smallest absolute Gasteiger partial charge is 0.225 e. The Morgan fingerprint density at radius 3 is 2.29 bits per heavy atom. The monoisotopic (exact) mass is 191 g/mol. The van der Waals surface area contributed by atoms with E-state index < -0.39 is 0 Å². The molecule has 0 bridgehead atoms. The van der Waals surface area contributed by atoms with Gasteiger partial charge >= 0.3 is 0 Å². The van der Waals surface area contributed by atoms with Crippen molar-refractivity contribution in [3.63, 3.8) is 0 Å². The van der Waals surface area contributed by atoms with E-state index >= 15 is 0 Å². The molecule has 14 heavy (non-hydrogen) atoms. The Labute approximate surface area is 85.2 Å². The molecule has 0 radical (unpaired) electrons. The maximum Gasteiger partial charge on any atom is 0.225 e. The summed E-state index contributed by atoms with van der Waals surface area (Å²) in [6, 6.07) is 1.86. The highest BCUT2D eigenvalue weighted by atomic mass is 15.3. The standard InChI is InChI=1S/C11H17N3/c1-3-11(4-2)8-14(9-11)10-12-6-5-7-13-10/h5-7H,3-4,8-9H2,1-2H3. The van der Waals surface area contributed by atoms with E-state index in [0.29, 0.717) is 5.41 Å². The lowest BCUT2D eigenvalue weighted by Crippen LogP contribution is -2.56. The van der Waals surface area contributed by atoms with Crippen molar-refractivity contribution >= 4 is 5.95 Å². The van der Waals surface area contributed by atoms with Crippen LogP contribution in [0.1, 0.15) is 26.7 Å². The number of nitrogens with zero attached hydrogens (tertiary/aromatic N) is 3. The summed E-state index contributed by atoms with van der Waals surface area (Å²) in [5.74, 6) is 0.880. The van der Waals surface area contributed by atoms with Gasteiger partial charge in [0.25, 0.3) is 0 Å². The lowest BCUT2D eigenvalue weighted by molar-refractivity contribution is 0.192. The van der Waals surface area contributed by atoms with Crippen molar-refractivity contribution < 1.29 is 0 Å². The van der Waals surface area contributed by atoms with E-state index in [9.17, 15) is 0 Å². The SMILES string of the molecule is CCC1(CC)CN(c2ncccn2)C1. The second kappa shape index (κ2) is 3.56. The fourth-order valence-electron chi connectivity index (χ4n) is 2.06. The molecule has 3 nitrogen and oxygen atoms in total. The van der Waals surface area contributed by atoms with E-state index in [0.717, 1.165) is 19.0 Å². The first kappa shape index (κ1) is 9.44. The van der Waals surface area contributed by atoms with Crippen molar-refractivity contribution in [2.75, 3.05) is 18.0 Å². The number of anilines is 1. The Morgan fingerprint density at radius 1 is 1.21 bits per heavy atom. The van der Waals surface area contributed by atoms with E-state index in [1.54, 1.807) is 12.4 Å². The molecule has 2 rings (SSSR count). The van der Waals surface area contributed by atoms with Gasteiger partial charge in [0, 0.05) is 30.9 Å². The molecular formula is C11H17N3. The highest BCUT2D eigenvalue weighted by Gasteiger charge is 2.40. The van der Waals surface area contributed by atoms with Crippen molar-refractivity contribution in [2.24, 2.45) is 5.41 Å². The summed E-state index contributed by atoms with van der Waals surface area (Å²) < 4.78 is 0. The molecule has 1 aromatic heterocycles. The highest BCUT2D eigenvalue weighted by Crippen LogP contribution is 2.38. The maximum absolute atomic E-state index is 4.25. The Balaban J connectivity index is 2.01. The summed E-state index contributed by atoms with van der Waals surface area (Å²) in [6.45, 7) is 6.77. The van der Waals surface area contributed by atoms with E-state index in [2.05, 4.69) is 28.7 Å². The molecule has 0 aromatic carbocycles. The van der Waals surface area contributed by atoms with Crippen LogP contribution >= 0.6 is 0 Å². The van der Waals surface area contributed by atoms with E-state index in [1.165, 1.54) is 12.8 Å².